The Morgan fingerprint density at radius 1 is 1.25 bits per heavy atom. The first-order valence-corrected chi connectivity index (χ1v) is 6.78. The largest absolute Gasteiger partial charge is 0.534 e. The third kappa shape index (κ3) is 2.95. The zero-order valence-corrected chi connectivity index (χ0v) is 10.6. The van der Waals surface area contributed by atoms with Crippen LogP contribution in [0.5, 0.6) is 5.75 Å². The van der Waals surface area contributed by atoms with Crippen molar-refractivity contribution in [2.45, 2.75) is 11.9 Å². The normalized spacial score (nSPS) is 15.7. The lowest BCUT2D eigenvalue weighted by atomic mass is 10.1. The molecule has 110 valence electrons. The van der Waals surface area contributed by atoms with Crippen LogP contribution in [0.2, 0.25) is 0 Å². The summed E-state index contributed by atoms with van der Waals surface area (Å²) in [6, 6.07) is 2.99. The summed E-state index contributed by atoms with van der Waals surface area (Å²) in [7, 11) is -5.73. The van der Waals surface area contributed by atoms with Gasteiger partial charge in [0.1, 0.15) is 5.75 Å². The lowest BCUT2D eigenvalue weighted by Gasteiger charge is -2.11. The number of hydrogen-bond acceptors (Lipinski definition) is 4. The number of rotatable bonds is 2. The summed E-state index contributed by atoms with van der Waals surface area (Å²) in [4.78, 5) is 11.2. The van der Waals surface area contributed by atoms with E-state index in [1.807, 2.05) is 0 Å². The Labute approximate surface area is 112 Å². The van der Waals surface area contributed by atoms with E-state index in [1.54, 1.807) is 0 Å². The summed E-state index contributed by atoms with van der Waals surface area (Å²) < 4.78 is 62.3. The molecule has 20 heavy (non-hydrogen) atoms. The minimum absolute atomic E-state index is 0.204. The topological polar surface area (TPSA) is 84.5 Å². The third-order valence-electron chi connectivity index (χ3n) is 2.50. The van der Waals surface area contributed by atoms with Crippen LogP contribution in [-0.4, -0.2) is 26.5 Å². The molecule has 0 saturated heterocycles. The van der Waals surface area contributed by atoms with Gasteiger partial charge in [0.25, 0.3) is 0 Å². The lowest BCUT2D eigenvalue weighted by molar-refractivity contribution is -0.0500. The summed E-state index contributed by atoms with van der Waals surface area (Å²) in [6.45, 7) is 0.361. The van der Waals surface area contributed by atoms with E-state index in [-0.39, 0.29) is 5.69 Å². The average Bonchev–Trinajstić information content (AvgIpc) is 2.47. The van der Waals surface area contributed by atoms with Crippen LogP contribution in [0.4, 0.5) is 23.7 Å². The van der Waals surface area contributed by atoms with E-state index in [2.05, 4.69) is 14.8 Å². The molecule has 0 fully saturated rings. The molecule has 0 radical (unpaired) electrons. The lowest BCUT2D eigenvalue weighted by Crippen LogP contribution is -2.28. The van der Waals surface area contributed by atoms with Gasteiger partial charge in [-0.1, -0.05) is 6.07 Å². The number of carbonyl (C=O) groups is 1. The summed E-state index contributed by atoms with van der Waals surface area (Å²) >= 11 is 0. The van der Waals surface area contributed by atoms with Gasteiger partial charge in [0, 0.05) is 18.3 Å². The molecule has 0 aliphatic carbocycles. The van der Waals surface area contributed by atoms with Crippen LogP contribution in [-0.2, 0) is 16.5 Å². The Morgan fingerprint density at radius 2 is 1.95 bits per heavy atom. The molecule has 2 rings (SSSR count). The van der Waals surface area contributed by atoms with Gasteiger partial charge in [-0.05, 0) is 18.1 Å². The second-order valence-electron chi connectivity index (χ2n) is 3.93. The number of halogens is 3. The van der Waals surface area contributed by atoms with Crippen molar-refractivity contribution in [2.75, 3.05) is 11.9 Å². The maximum Gasteiger partial charge on any atom is 0.534 e. The number of alkyl halides is 3. The zero-order valence-electron chi connectivity index (χ0n) is 9.82. The Bertz CT molecular complexity index is 642. The zero-order chi connectivity index (χ0) is 15.0. The molecule has 1 aromatic rings. The minimum atomic E-state index is -5.73. The van der Waals surface area contributed by atoms with Crippen LogP contribution < -0.4 is 14.8 Å². The van der Waals surface area contributed by atoms with E-state index in [4.69, 9.17) is 0 Å². The number of amides is 2. The van der Waals surface area contributed by atoms with Gasteiger partial charge in [0.15, 0.2) is 0 Å². The fraction of sp³-hybridized carbons (Fsp3) is 0.300. The highest BCUT2D eigenvalue weighted by molar-refractivity contribution is 7.88. The predicted molar refractivity (Wildman–Crippen MR) is 62.8 cm³/mol. The van der Waals surface area contributed by atoms with Gasteiger partial charge in [0.05, 0.1) is 0 Å². The number of nitrogens with one attached hydrogen (secondary N) is 2. The van der Waals surface area contributed by atoms with E-state index in [0.29, 0.717) is 18.5 Å². The summed E-state index contributed by atoms with van der Waals surface area (Å²) in [6.07, 6.45) is 0.459. The van der Waals surface area contributed by atoms with Crippen molar-refractivity contribution in [2.24, 2.45) is 0 Å². The monoisotopic (exact) mass is 310 g/mol. The molecular weight excluding hydrogens is 301 g/mol. The standard InChI is InChI=1S/C10H9F3N2O4S/c11-10(12,13)20(17,18)19-7-2-1-6-3-4-14-9(16)15-8(6)5-7/h1-2,5H,3-4H2,(H2,14,15,16). The SMILES string of the molecule is O=C1NCCc2ccc(OS(=O)(=O)C(F)(F)F)cc2N1. The molecule has 0 spiro atoms. The Kier molecular flexibility index (Phi) is 3.50. The van der Waals surface area contributed by atoms with Gasteiger partial charge in [-0.3, -0.25) is 0 Å². The second kappa shape index (κ2) is 4.85. The smallest absolute Gasteiger partial charge is 0.376 e. The van der Waals surface area contributed by atoms with Gasteiger partial charge in [-0.15, -0.1) is 0 Å². The van der Waals surface area contributed by atoms with Crippen LogP contribution in [0.25, 0.3) is 0 Å². The van der Waals surface area contributed by atoms with Gasteiger partial charge < -0.3 is 14.8 Å². The Morgan fingerprint density at radius 3 is 2.60 bits per heavy atom. The Balaban J connectivity index is 2.30. The van der Waals surface area contributed by atoms with Crippen molar-refractivity contribution >= 4 is 21.8 Å². The van der Waals surface area contributed by atoms with Crippen LogP contribution in [0.15, 0.2) is 18.2 Å². The first kappa shape index (κ1) is 14.4. The van der Waals surface area contributed by atoms with Crippen molar-refractivity contribution in [3.8, 4) is 5.75 Å². The fourth-order valence-electron chi connectivity index (χ4n) is 1.59. The van der Waals surface area contributed by atoms with Crippen molar-refractivity contribution in [1.82, 2.24) is 5.32 Å². The molecule has 0 saturated carbocycles. The second-order valence-corrected chi connectivity index (χ2v) is 5.47. The van der Waals surface area contributed by atoms with Gasteiger partial charge in [-0.25, -0.2) is 4.79 Å². The summed E-state index contributed by atoms with van der Waals surface area (Å²) in [5, 5.41) is 4.88. The van der Waals surface area contributed by atoms with E-state index >= 15 is 0 Å². The minimum Gasteiger partial charge on any atom is -0.376 e. The van der Waals surface area contributed by atoms with Gasteiger partial charge in [-0.2, -0.15) is 21.6 Å². The van der Waals surface area contributed by atoms with Crippen LogP contribution in [0, 0.1) is 0 Å². The highest BCUT2D eigenvalue weighted by Crippen LogP contribution is 2.30. The Hall–Kier alpha value is -1.97. The van der Waals surface area contributed by atoms with Crippen LogP contribution in [0.1, 0.15) is 5.56 Å². The van der Waals surface area contributed by atoms with Crippen molar-refractivity contribution in [3.05, 3.63) is 23.8 Å². The molecule has 6 nitrogen and oxygen atoms in total. The number of carbonyl (C=O) groups excluding carboxylic acids is 1. The van der Waals surface area contributed by atoms with E-state index in [9.17, 15) is 26.4 Å². The van der Waals surface area contributed by atoms with E-state index in [0.717, 1.165) is 12.1 Å². The summed E-state index contributed by atoms with van der Waals surface area (Å²) in [5.74, 6) is -0.525. The number of anilines is 1. The predicted octanol–water partition coefficient (Wildman–Crippen LogP) is 1.59. The van der Waals surface area contributed by atoms with Gasteiger partial charge in [0.2, 0.25) is 0 Å². The highest BCUT2D eigenvalue weighted by atomic mass is 32.2. The highest BCUT2D eigenvalue weighted by Gasteiger charge is 2.48. The molecule has 1 aromatic carbocycles. The first-order chi connectivity index (χ1) is 9.19. The molecule has 0 unspecified atom stereocenters. The molecule has 0 atom stereocenters. The van der Waals surface area contributed by atoms with Crippen molar-refractivity contribution < 1.29 is 30.6 Å². The van der Waals surface area contributed by atoms with Gasteiger partial charge >= 0.3 is 21.7 Å². The quantitative estimate of drug-likeness (QED) is 0.642. The fourth-order valence-corrected chi connectivity index (χ4v) is 2.04. The maximum atomic E-state index is 12.2. The molecule has 0 aromatic heterocycles. The third-order valence-corrected chi connectivity index (χ3v) is 3.48. The molecule has 10 heteroatoms. The van der Waals surface area contributed by atoms with Crippen molar-refractivity contribution in [1.29, 1.82) is 0 Å². The van der Waals surface area contributed by atoms with Crippen LogP contribution >= 0.6 is 0 Å². The number of hydrogen-bond donors (Lipinski definition) is 2. The molecule has 1 aliphatic rings. The van der Waals surface area contributed by atoms with E-state index < -0.39 is 27.4 Å². The molecule has 1 heterocycles. The van der Waals surface area contributed by atoms with E-state index in [1.165, 1.54) is 6.07 Å². The molecule has 2 amide bonds. The van der Waals surface area contributed by atoms with Crippen LogP contribution in [0.3, 0.4) is 0 Å². The molecule has 1 aliphatic heterocycles. The maximum absolute atomic E-state index is 12.2. The summed E-state index contributed by atoms with van der Waals surface area (Å²) in [5.41, 5.74) is -4.65. The van der Waals surface area contributed by atoms with Crippen molar-refractivity contribution in [3.63, 3.8) is 0 Å². The number of urea groups is 1. The molecule has 0 bridgehead atoms. The first-order valence-electron chi connectivity index (χ1n) is 5.37. The number of benzene rings is 1. The molecule has 2 N–H and O–H groups in total. The number of fused-ring (bicyclic) bond motifs is 1. The average molecular weight is 310 g/mol. The molecular formula is C10H9F3N2O4S.